The van der Waals surface area contributed by atoms with Crippen LogP contribution in [0.4, 0.5) is 0 Å². The zero-order valence-corrected chi connectivity index (χ0v) is 59.1. The van der Waals surface area contributed by atoms with Crippen LogP contribution in [0.15, 0.2) is 0 Å². The highest BCUT2D eigenvalue weighted by Gasteiger charge is 2.30. The van der Waals surface area contributed by atoms with E-state index in [9.17, 15) is 43.2 Å². The maximum Gasteiger partial charge on any atom is 0.472 e. The third-order valence-electron chi connectivity index (χ3n) is 16.5. The van der Waals surface area contributed by atoms with Crippen molar-refractivity contribution in [1.29, 1.82) is 0 Å². The van der Waals surface area contributed by atoms with Gasteiger partial charge in [-0.3, -0.25) is 37.3 Å². The summed E-state index contributed by atoms with van der Waals surface area (Å²) >= 11 is 0. The van der Waals surface area contributed by atoms with E-state index < -0.39 is 97.5 Å². The fourth-order valence-corrected chi connectivity index (χ4v) is 11.8. The predicted octanol–water partition coefficient (Wildman–Crippen LogP) is 19.3. The Morgan fingerprint density at radius 1 is 0.318 bits per heavy atom. The third kappa shape index (κ3) is 60.3. The molecule has 0 aliphatic heterocycles. The Morgan fingerprint density at radius 3 is 0.807 bits per heavy atom. The molecule has 0 aromatic carbocycles. The number of hydrogen-bond donors (Lipinski definition) is 3. The molecule has 0 aromatic rings. The van der Waals surface area contributed by atoms with Gasteiger partial charge in [0.2, 0.25) is 0 Å². The Morgan fingerprint density at radius 2 is 0.545 bits per heavy atom. The van der Waals surface area contributed by atoms with Crippen LogP contribution in [0.5, 0.6) is 0 Å². The molecule has 17 nitrogen and oxygen atoms in total. The number of ether oxygens (including phenoxy) is 4. The maximum atomic E-state index is 13.0. The molecule has 0 fully saturated rings. The van der Waals surface area contributed by atoms with Gasteiger partial charge >= 0.3 is 39.5 Å². The summed E-state index contributed by atoms with van der Waals surface area (Å²) in [6.07, 6.45) is 40.5. The summed E-state index contributed by atoms with van der Waals surface area (Å²) in [5, 5.41) is 10.6. The molecular formula is C69H134O17P2. The minimum Gasteiger partial charge on any atom is -0.462 e. The minimum absolute atomic E-state index is 0.103. The molecule has 0 aromatic heterocycles. The summed E-state index contributed by atoms with van der Waals surface area (Å²) in [4.78, 5) is 72.4. The van der Waals surface area contributed by atoms with E-state index in [0.717, 1.165) is 120 Å². The minimum atomic E-state index is -4.95. The molecule has 0 amide bonds. The highest BCUT2D eigenvalue weighted by Crippen LogP contribution is 2.45. The van der Waals surface area contributed by atoms with Gasteiger partial charge in [-0.05, 0) is 49.4 Å². The summed E-state index contributed by atoms with van der Waals surface area (Å²) in [5.74, 6) is 0.840. The molecule has 0 rings (SSSR count). The lowest BCUT2D eigenvalue weighted by Crippen LogP contribution is -2.30. The Bertz CT molecular complexity index is 1750. The monoisotopic (exact) mass is 1300 g/mol. The van der Waals surface area contributed by atoms with Gasteiger partial charge in [0, 0.05) is 25.7 Å². The van der Waals surface area contributed by atoms with Crippen molar-refractivity contribution in [2.24, 2.45) is 23.7 Å². The van der Waals surface area contributed by atoms with Gasteiger partial charge in [0.05, 0.1) is 26.4 Å². The zero-order chi connectivity index (χ0) is 65.4. The molecule has 0 saturated carbocycles. The standard InChI is InChI=1S/C69H134O17P2/c1-9-61(7)47-39-31-22-19-20-24-36-44-52-69(74)86-65(56-80-67(72)50-42-34-28-26-32-40-48-62(8)10-2)58-84-88(77,78)82-54-63(70)53-81-87(75,76)83-57-64(55-79-66(71)49-41-33-27-25-30-38-46-60(5)6)85-68(73)51-43-35-23-18-16-14-12-11-13-15-17-21-29-37-45-59(3)4/h59-65,70H,9-58H2,1-8H3,(H,75,76)(H,77,78)/t61?,62?,63-,64-,65-/m1/s1. The van der Waals surface area contributed by atoms with Crippen molar-refractivity contribution in [2.75, 3.05) is 39.6 Å². The van der Waals surface area contributed by atoms with E-state index in [4.69, 9.17) is 37.0 Å². The molecule has 0 radical (unpaired) electrons. The molecule has 4 unspecified atom stereocenters. The lowest BCUT2D eigenvalue weighted by Gasteiger charge is -2.21. The van der Waals surface area contributed by atoms with Gasteiger partial charge in [-0.2, -0.15) is 0 Å². The van der Waals surface area contributed by atoms with Gasteiger partial charge < -0.3 is 33.8 Å². The first-order valence-corrected chi connectivity index (χ1v) is 38.8. The molecule has 0 saturated heterocycles. The van der Waals surface area contributed by atoms with E-state index in [-0.39, 0.29) is 25.7 Å². The van der Waals surface area contributed by atoms with Gasteiger partial charge in [-0.25, -0.2) is 9.13 Å². The van der Waals surface area contributed by atoms with Crippen LogP contribution < -0.4 is 0 Å². The van der Waals surface area contributed by atoms with E-state index in [1.165, 1.54) is 128 Å². The fourth-order valence-electron chi connectivity index (χ4n) is 10.2. The van der Waals surface area contributed by atoms with E-state index in [1.54, 1.807) is 0 Å². The Labute approximate surface area is 537 Å². The number of phosphoric ester groups is 2. The highest BCUT2D eigenvalue weighted by atomic mass is 31.2. The van der Waals surface area contributed by atoms with Gasteiger partial charge in [0.15, 0.2) is 12.2 Å². The largest absolute Gasteiger partial charge is 0.472 e. The van der Waals surface area contributed by atoms with Crippen molar-refractivity contribution in [3.05, 3.63) is 0 Å². The fraction of sp³-hybridized carbons (Fsp3) is 0.942. The van der Waals surface area contributed by atoms with Gasteiger partial charge in [0.1, 0.15) is 19.3 Å². The molecule has 7 atom stereocenters. The lowest BCUT2D eigenvalue weighted by molar-refractivity contribution is -0.161. The number of rotatable bonds is 66. The molecule has 0 aliphatic carbocycles. The molecule has 0 aliphatic rings. The number of unbranched alkanes of at least 4 members (excludes halogenated alkanes) is 30. The SMILES string of the molecule is CCC(C)CCCCCCCCCCC(=O)O[C@H](COC(=O)CCCCCCCCC(C)CC)COP(=O)(O)OC[C@H](O)COP(=O)(O)OC[C@@H](COC(=O)CCCCCCCCC(C)C)OC(=O)CCCCCCCCCCCCCCCCC(C)C. The third-order valence-corrected chi connectivity index (χ3v) is 18.4. The average Bonchev–Trinajstić information content (AvgIpc) is 3.52. The first-order chi connectivity index (χ1) is 42.2. The molecular weight excluding hydrogens is 1160 g/mol. The molecule has 0 bridgehead atoms. The second-order valence-electron chi connectivity index (χ2n) is 26.4. The summed E-state index contributed by atoms with van der Waals surface area (Å²) < 4.78 is 68.2. The molecule has 88 heavy (non-hydrogen) atoms. The first-order valence-electron chi connectivity index (χ1n) is 35.8. The number of aliphatic hydroxyl groups excluding tert-OH is 1. The average molecular weight is 1300 g/mol. The normalized spacial score (nSPS) is 14.9. The van der Waals surface area contributed by atoms with Crippen LogP contribution in [-0.2, 0) is 65.4 Å². The summed E-state index contributed by atoms with van der Waals surface area (Å²) in [6, 6.07) is 0. The second kappa shape index (κ2) is 58.8. The first kappa shape index (κ1) is 86.1. The Hall–Kier alpha value is -1.94. The van der Waals surface area contributed by atoms with Crippen LogP contribution in [-0.4, -0.2) is 96.7 Å². The zero-order valence-electron chi connectivity index (χ0n) is 57.3. The number of aliphatic hydroxyl groups is 1. The van der Waals surface area contributed by atoms with E-state index >= 15 is 0 Å². The van der Waals surface area contributed by atoms with E-state index in [0.29, 0.717) is 31.6 Å². The summed E-state index contributed by atoms with van der Waals surface area (Å²) in [7, 11) is -9.90. The van der Waals surface area contributed by atoms with E-state index in [2.05, 4.69) is 55.4 Å². The molecule has 0 heterocycles. The molecule has 3 N–H and O–H groups in total. The molecule has 0 spiro atoms. The summed E-state index contributed by atoms with van der Waals surface area (Å²) in [6.45, 7) is 14.0. The molecule has 522 valence electrons. The van der Waals surface area contributed by atoms with E-state index in [1.807, 2.05) is 0 Å². The van der Waals surface area contributed by atoms with Crippen LogP contribution in [0.25, 0.3) is 0 Å². The molecule has 19 heteroatoms. The topological polar surface area (TPSA) is 237 Å². The maximum absolute atomic E-state index is 13.0. The smallest absolute Gasteiger partial charge is 0.462 e. The number of esters is 4. The van der Waals surface area contributed by atoms with Crippen molar-refractivity contribution in [3.8, 4) is 0 Å². The van der Waals surface area contributed by atoms with Crippen molar-refractivity contribution in [1.82, 2.24) is 0 Å². The van der Waals surface area contributed by atoms with Crippen LogP contribution in [0, 0.1) is 23.7 Å². The van der Waals surface area contributed by atoms with Crippen molar-refractivity contribution in [2.45, 2.75) is 356 Å². The quantitative estimate of drug-likeness (QED) is 0.0222. The Kier molecular flexibility index (Phi) is 57.6. The number of carbonyl (C=O) groups is 4. The predicted molar refractivity (Wildman–Crippen MR) is 354 cm³/mol. The number of carbonyl (C=O) groups excluding carboxylic acids is 4. The number of hydrogen-bond acceptors (Lipinski definition) is 15. The van der Waals surface area contributed by atoms with Crippen LogP contribution in [0.3, 0.4) is 0 Å². The Balaban J connectivity index is 5.23. The van der Waals surface area contributed by atoms with Gasteiger partial charge in [-0.1, -0.05) is 287 Å². The van der Waals surface area contributed by atoms with Crippen molar-refractivity contribution >= 4 is 39.5 Å². The van der Waals surface area contributed by atoms with Crippen LogP contribution in [0.1, 0.15) is 338 Å². The summed E-state index contributed by atoms with van der Waals surface area (Å²) in [5.41, 5.74) is 0. The van der Waals surface area contributed by atoms with Crippen molar-refractivity contribution in [3.63, 3.8) is 0 Å². The second-order valence-corrected chi connectivity index (χ2v) is 29.3. The van der Waals surface area contributed by atoms with Crippen molar-refractivity contribution < 1.29 is 80.2 Å². The lowest BCUT2D eigenvalue weighted by atomic mass is 9.99. The van der Waals surface area contributed by atoms with Crippen LogP contribution >= 0.6 is 15.6 Å². The van der Waals surface area contributed by atoms with Crippen LogP contribution in [0.2, 0.25) is 0 Å². The number of phosphoric acid groups is 2. The highest BCUT2D eigenvalue weighted by molar-refractivity contribution is 7.47. The van der Waals surface area contributed by atoms with Gasteiger partial charge in [0.25, 0.3) is 0 Å². The van der Waals surface area contributed by atoms with Gasteiger partial charge in [-0.15, -0.1) is 0 Å².